The minimum absolute atomic E-state index is 0.164. The van der Waals surface area contributed by atoms with Gasteiger partial charge in [-0.2, -0.15) is 0 Å². The Kier molecular flexibility index (Phi) is 1.85. The summed E-state index contributed by atoms with van der Waals surface area (Å²) in [6.45, 7) is 3.74. The molecule has 1 heterocycles. The average molecular weight is 138 g/mol. The maximum absolute atomic E-state index is 9.01. The number of aromatic hydroxyl groups is 1. The fraction of sp³-hybridized carbons (Fsp3) is 0.429. The quantitative estimate of drug-likeness (QED) is 0.631. The van der Waals surface area contributed by atoms with Gasteiger partial charge in [0.15, 0.2) is 5.75 Å². The molecule has 1 rings (SSSR count). The lowest BCUT2D eigenvalue weighted by Gasteiger charge is -1.97. The van der Waals surface area contributed by atoms with Gasteiger partial charge in [-0.1, -0.05) is 6.92 Å². The van der Waals surface area contributed by atoms with Crippen molar-refractivity contribution in [3.63, 3.8) is 0 Å². The van der Waals surface area contributed by atoms with Crippen LogP contribution in [0.25, 0.3) is 0 Å². The fourth-order valence-electron chi connectivity index (χ4n) is 0.679. The van der Waals surface area contributed by atoms with E-state index >= 15 is 0 Å². The third-order valence-corrected chi connectivity index (χ3v) is 1.32. The molecule has 0 aliphatic rings. The van der Waals surface area contributed by atoms with Gasteiger partial charge in [-0.3, -0.25) is 0 Å². The Hall–Kier alpha value is -1.12. The van der Waals surface area contributed by atoms with Gasteiger partial charge in [-0.15, -0.1) is 0 Å². The molecule has 0 radical (unpaired) electrons. The number of rotatable bonds is 1. The largest absolute Gasteiger partial charge is 0.504 e. The first-order valence-corrected chi connectivity index (χ1v) is 3.25. The van der Waals surface area contributed by atoms with Crippen LogP contribution in [-0.2, 0) is 6.42 Å². The maximum atomic E-state index is 9.01. The molecule has 0 saturated carbocycles. The molecule has 3 heteroatoms. The Morgan fingerprint density at radius 3 is 2.80 bits per heavy atom. The van der Waals surface area contributed by atoms with Crippen molar-refractivity contribution in [3.8, 4) is 5.75 Å². The van der Waals surface area contributed by atoms with E-state index < -0.39 is 0 Å². The van der Waals surface area contributed by atoms with Crippen LogP contribution in [0.5, 0.6) is 5.75 Å². The van der Waals surface area contributed by atoms with E-state index in [-0.39, 0.29) is 5.75 Å². The summed E-state index contributed by atoms with van der Waals surface area (Å²) >= 11 is 0. The number of hydrogen-bond donors (Lipinski definition) is 1. The highest BCUT2D eigenvalue weighted by Gasteiger charge is 1.97. The van der Waals surface area contributed by atoms with Crippen LogP contribution in [0.2, 0.25) is 0 Å². The highest BCUT2D eigenvalue weighted by molar-refractivity contribution is 5.20. The molecule has 0 aliphatic carbocycles. The van der Waals surface area contributed by atoms with Gasteiger partial charge in [0.2, 0.25) is 0 Å². The van der Waals surface area contributed by atoms with Crippen LogP contribution in [0.15, 0.2) is 6.20 Å². The van der Waals surface area contributed by atoms with Crippen molar-refractivity contribution in [1.29, 1.82) is 0 Å². The van der Waals surface area contributed by atoms with E-state index in [0.717, 1.165) is 12.2 Å². The smallest absolute Gasteiger partial charge is 0.155 e. The van der Waals surface area contributed by atoms with Gasteiger partial charge < -0.3 is 5.11 Å². The molecule has 0 saturated heterocycles. The second kappa shape index (κ2) is 2.64. The van der Waals surface area contributed by atoms with E-state index in [1.165, 1.54) is 6.20 Å². The number of hydrogen-bond acceptors (Lipinski definition) is 3. The Morgan fingerprint density at radius 1 is 1.60 bits per heavy atom. The second-order valence-electron chi connectivity index (χ2n) is 2.11. The van der Waals surface area contributed by atoms with E-state index in [4.69, 9.17) is 5.11 Å². The third kappa shape index (κ3) is 1.23. The van der Waals surface area contributed by atoms with Gasteiger partial charge in [0, 0.05) is 6.42 Å². The van der Waals surface area contributed by atoms with Gasteiger partial charge in [-0.05, 0) is 6.92 Å². The highest BCUT2D eigenvalue weighted by Crippen LogP contribution is 2.10. The maximum Gasteiger partial charge on any atom is 0.155 e. The van der Waals surface area contributed by atoms with Crippen molar-refractivity contribution >= 4 is 0 Å². The van der Waals surface area contributed by atoms with Crippen molar-refractivity contribution < 1.29 is 5.11 Å². The van der Waals surface area contributed by atoms with E-state index in [0.29, 0.717) is 5.69 Å². The summed E-state index contributed by atoms with van der Waals surface area (Å²) in [4.78, 5) is 7.93. The SMILES string of the molecule is CCc1ncc(O)c(C)n1. The van der Waals surface area contributed by atoms with Crippen LogP contribution in [0.4, 0.5) is 0 Å². The van der Waals surface area contributed by atoms with Crippen molar-refractivity contribution in [1.82, 2.24) is 9.97 Å². The zero-order valence-electron chi connectivity index (χ0n) is 6.13. The van der Waals surface area contributed by atoms with Crippen molar-refractivity contribution in [2.45, 2.75) is 20.3 Å². The monoisotopic (exact) mass is 138 g/mol. The number of aryl methyl sites for hydroxylation is 2. The number of nitrogens with zero attached hydrogens (tertiary/aromatic N) is 2. The molecular weight excluding hydrogens is 128 g/mol. The summed E-state index contributed by atoms with van der Waals surface area (Å²) in [5.41, 5.74) is 0.645. The molecule has 0 unspecified atom stereocenters. The van der Waals surface area contributed by atoms with Crippen molar-refractivity contribution in [2.75, 3.05) is 0 Å². The van der Waals surface area contributed by atoms with Gasteiger partial charge in [0.1, 0.15) is 5.82 Å². The summed E-state index contributed by atoms with van der Waals surface area (Å²) in [5.74, 6) is 0.938. The van der Waals surface area contributed by atoms with E-state index in [2.05, 4.69) is 9.97 Å². The summed E-state index contributed by atoms with van der Waals surface area (Å²) < 4.78 is 0. The standard InChI is InChI=1S/C7H10N2O/c1-3-7-8-4-6(10)5(2)9-7/h4,10H,3H2,1-2H3. The second-order valence-corrected chi connectivity index (χ2v) is 2.11. The van der Waals surface area contributed by atoms with Crippen LogP contribution in [0, 0.1) is 6.92 Å². The molecule has 1 aromatic heterocycles. The minimum Gasteiger partial charge on any atom is -0.504 e. The predicted octanol–water partition coefficient (Wildman–Crippen LogP) is 1.05. The Bertz CT molecular complexity index is 235. The molecule has 1 aromatic rings. The summed E-state index contributed by atoms with van der Waals surface area (Å²) in [5, 5.41) is 9.01. The van der Waals surface area contributed by atoms with Gasteiger partial charge >= 0.3 is 0 Å². The zero-order valence-corrected chi connectivity index (χ0v) is 6.13. The number of aromatic nitrogens is 2. The lowest BCUT2D eigenvalue weighted by Crippen LogP contribution is -1.93. The average Bonchev–Trinajstić information content (AvgIpc) is 1.95. The molecule has 1 N–H and O–H groups in total. The molecular formula is C7H10N2O. The van der Waals surface area contributed by atoms with Crippen LogP contribution in [-0.4, -0.2) is 15.1 Å². The van der Waals surface area contributed by atoms with E-state index in [1.807, 2.05) is 6.92 Å². The molecule has 54 valence electrons. The van der Waals surface area contributed by atoms with Crippen molar-refractivity contribution in [2.24, 2.45) is 0 Å². The minimum atomic E-state index is 0.164. The molecule has 0 bridgehead atoms. The molecule has 0 fully saturated rings. The summed E-state index contributed by atoms with van der Waals surface area (Å²) in [6.07, 6.45) is 2.24. The molecule has 10 heavy (non-hydrogen) atoms. The van der Waals surface area contributed by atoms with Gasteiger partial charge in [0.25, 0.3) is 0 Å². The van der Waals surface area contributed by atoms with Crippen LogP contribution >= 0.6 is 0 Å². The van der Waals surface area contributed by atoms with Gasteiger partial charge in [0.05, 0.1) is 11.9 Å². The first-order valence-electron chi connectivity index (χ1n) is 3.25. The Balaban J connectivity index is 3.04. The van der Waals surface area contributed by atoms with Crippen LogP contribution in [0.3, 0.4) is 0 Å². The molecule has 3 nitrogen and oxygen atoms in total. The topological polar surface area (TPSA) is 46.0 Å². The van der Waals surface area contributed by atoms with Gasteiger partial charge in [-0.25, -0.2) is 9.97 Å². The van der Waals surface area contributed by atoms with E-state index in [9.17, 15) is 0 Å². The third-order valence-electron chi connectivity index (χ3n) is 1.32. The van der Waals surface area contributed by atoms with Crippen LogP contribution in [0.1, 0.15) is 18.4 Å². The van der Waals surface area contributed by atoms with Crippen LogP contribution < -0.4 is 0 Å². The Labute approximate surface area is 59.8 Å². The lowest BCUT2D eigenvalue weighted by atomic mass is 10.4. The fourth-order valence-corrected chi connectivity index (χ4v) is 0.679. The summed E-state index contributed by atoms with van der Waals surface area (Å²) in [7, 11) is 0. The first kappa shape index (κ1) is 6.99. The molecule has 0 aromatic carbocycles. The highest BCUT2D eigenvalue weighted by atomic mass is 16.3. The normalized spacial score (nSPS) is 9.80. The zero-order chi connectivity index (χ0) is 7.56. The molecule has 0 atom stereocenters. The molecule has 0 amide bonds. The summed E-state index contributed by atoms with van der Waals surface area (Å²) in [6, 6.07) is 0. The van der Waals surface area contributed by atoms with E-state index in [1.54, 1.807) is 6.92 Å². The van der Waals surface area contributed by atoms with Crippen molar-refractivity contribution in [3.05, 3.63) is 17.7 Å². The lowest BCUT2D eigenvalue weighted by molar-refractivity contribution is 0.463. The molecule has 0 spiro atoms. The Morgan fingerprint density at radius 2 is 2.30 bits per heavy atom. The predicted molar refractivity (Wildman–Crippen MR) is 37.8 cm³/mol. The first-order chi connectivity index (χ1) is 4.74. The molecule has 0 aliphatic heterocycles.